The van der Waals surface area contributed by atoms with Crippen LogP contribution in [0.25, 0.3) is 0 Å². The van der Waals surface area contributed by atoms with Gasteiger partial charge in [-0.15, -0.1) is 0 Å². The minimum atomic E-state index is -0.428. The van der Waals surface area contributed by atoms with Crippen molar-refractivity contribution in [2.24, 2.45) is 0 Å². The van der Waals surface area contributed by atoms with Crippen molar-refractivity contribution < 1.29 is 9.53 Å². The SMILES string of the molecule is CC(C)(C)OC(=O)N1CCCCc2cccc(n2)CCCC1. The molecular formula is C18H28N2O2. The molecule has 1 aromatic heterocycles. The lowest BCUT2D eigenvalue weighted by Crippen LogP contribution is -2.38. The highest BCUT2D eigenvalue weighted by Crippen LogP contribution is 2.14. The van der Waals surface area contributed by atoms with Gasteiger partial charge in [0.2, 0.25) is 0 Å². The van der Waals surface area contributed by atoms with Gasteiger partial charge in [0.05, 0.1) is 0 Å². The molecule has 1 aliphatic heterocycles. The van der Waals surface area contributed by atoms with Crippen LogP contribution in [-0.4, -0.2) is 34.7 Å². The van der Waals surface area contributed by atoms with Crippen molar-refractivity contribution in [2.45, 2.75) is 64.9 Å². The Morgan fingerprint density at radius 3 is 2.09 bits per heavy atom. The molecule has 0 aliphatic carbocycles. The van der Waals surface area contributed by atoms with Crippen LogP contribution >= 0.6 is 0 Å². The molecule has 2 bridgehead atoms. The second-order valence-electron chi connectivity index (χ2n) is 7.00. The first kappa shape index (κ1) is 16.8. The van der Waals surface area contributed by atoms with Crippen LogP contribution in [-0.2, 0) is 17.6 Å². The Morgan fingerprint density at radius 2 is 1.59 bits per heavy atom. The molecule has 0 aromatic carbocycles. The molecule has 4 nitrogen and oxygen atoms in total. The van der Waals surface area contributed by atoms with Crippen LogP contribution in [0.4, 0.5) is 4.79 Å². The number of carbonyl (C=O) groups is 1. The highest BCUT2D eigenvalue weighted by molar-refractivity contribution is 5.68. The van der Waals surface area contributed by atoms with Crippen molar-refractivity contribution in [3.8, 4) is 0 Å². The van der Waals surface area contributed by atoms with Gasteiger partial charge in [-0.25, -0.2) is 4.79 Å². The van der Waals surface area contributed by atoms with Gasteiger partial charge in [-0.2, -0.15) is 0 Å². The minimum absolute atomic E-state index is 0.179. The summed E-state index contributed by atoms with van der Waals surface area (Å²) in [4.78, 5) is 18.9. The van der Waals surface area contributed by atoms with Crippen LogP contribution in [0.15, 0.2) is 18.2 Å². The molecule has 0 saturated carbocycles. The third-order valence-corrected chi connectivity index (χ3v) is 3.74. The Bertz CT molecular complexity index is 467. The Balaban J connectivity index is 1.96. The Morgan fingerprint density at radius 1 is 1.05 bits per heavy atom. The van der Waals surface area contributed by atoms with E-state index in [1.807, 2.05) is 25.7 Å². The maximum absolute atomic E-state index is 12.3. The number of pyridine rings is 1. The summed E-state index contributed by atoms with van der Waals surface area (Å²) in [6.45, 7) is 7.29. The predicted molar refractivity (Wildman–Crippen MR) is 87.9 cm³/mol. The van der Waals surface area contributed by atoms with Gasteiger partial charge in [-0.05, 0) is 71.4 Å². The second kappa shape index (κ2) is 7.61. The van der Waals surface area contributed by atoms with Gasteiger partial charge in [-0.1, -0.05) is 6.07 Å². The Hall–Kier alpha value is -1.58. The number of nitrogens with zero attached hydrogens (tertiary/aromatic N) is 2. The standard InChI is InChI=1S/C18H28N2O2/c1-18(2,3)22-17(21)20-13-6-4-9-15-11-8-12-16(19-15)10-5-7-14-20/h8,11-12H,4-7,9-10,13-14H2,1-3H3. The van der Waals surface area contributed by atoms with Crippen molar-refractivity contribution in [1.82, 2.24) is 9.88 Å². The van der Waals surface area contributed by atoms with Gasteiger partial charge >= 0.3 is 6.09 Å². The molecule has 0 fully saturated rings. The highest BCUT2D eigenvalue weighted by atomic mass is 16.6. The maximum Gasteiger partial charge on any atom is 0.410 e. The van der Waals surface area contributed by atoms with Gasteiger partial charge in [0.15, 0.2) is 0 Å². The van der Waals surface area contributed by atoms with Crippen LogP contribution in [0.2, 0.25) is 0 Å². The van der Waals surface area contributed by atoms with Crippen LogP contribution in [0.3, 0.4) is 0 Å². The van der Waals surface area contributed by atoms with E-state index in [0.717, 1.165) is 51.6 Å². The van der Waals surface area contributed by atoms with E-state index in [1.165, 1.54) is 11.4 Å². The number of aromatic nitrogens is 1. The molecule has 22 heavy (non-hydrogen) atoms. The monoisotopic (exact) mass is 304 g/mol. The summed E-state index contributed by atoms with van der Waals surface area (Å²) >= 11 is 0. The van der Waals surface area contributed by atoms with Gasteiger partial charge in [0.1, 0.15) is 5.60 Å². The van der Waals surface area contributed by atoms with Crippen LogP contribution in [0, 0.1) is 0 Å². The minimum Gasteiger partial charge on any atom is -0.444 e. The molecule has 0 atom stereocenters. The molecule has 4 heteroatoms. The molecule has 122 valence electrons. The molecule has 0 saturated heterocycles. The molecule has 1 amide bonds. The molecule has 0 radical (unpaired) electrons. The molecule has 2 rings (SSSR count). The maximum atomic E-state index is 12.3. The van der Waals surface area contributed by atoms with Crippen molar-refractivity contribution in [2.75, 3.05) is 13.1 Å². The van der Waals surface area contributed by atoms with Crippen molar-refractivity contribution in [1.29, 1.82) is 0 Å². The van der Waals surface area contributed by atoms with Crippen LogP contribution < -0.4 is 0 Å². The lowest BCUT2D eigenvalue weighted by atomic mass is 10.1. The zero-order chi connectivity index (χ0) is 16.0. The first-order valence-corrected chi connectivity index (χ1v) is 8.37. The highest BCUT2D eigenvalue weighted by Gasteiger charge is 2.21. The molecule has 1 aromatic rings. The van der Waals surface area contributed by atoms with E-state index in [9.17, 15) is 4.79 Å². The molecule has 2 heterocycles. The van der Waals surface area contributed by atoms with Crippen LogP contribution in [0.1, 0.15) is 57.8 Å². The number of hydrogen-bond acceptors (Lipinski definition) is 3. The van der Waals surface area contributed by atoms with Crippen molar-refractivity contribution >= 4 is 6.09 Å². The van der Waals surface area contributed by atoms with E-state index in [1.54, 1.807) is 0 Å². The topological polar surface area (TPSA) is 42.4 Å². The summed E-state index contributed by atoms with van der Waals surface area (Å²) in [5.74, 6) is 0. The first-order chi connectivity index (χ1) is 10.4. The normalized spacial score (nSPS) is 17.3. The molecular weight excluding hydrogens is 276 g/mol. The summed E-state index contributed by atoms with van der Waals surface area (Å²) in [6, 6.07) is 6.30. The van der Waals surface area contributed by atoms with E-state index in [2.05, 4.69) is 18.2 Å². The van der Waals surface area contributed by atoms with E-state index < -0.39 is 5.60 Å². The van der Waals surface area contributed by atoms with Gasteiger partial charge in [0.25, 0.3) is 0 Å². The lowest BCUT2D eigenvalue weighted by molar-refractivity contribution is 0.0244. The summed E-state index contributed by atoms with van der Waals surface area (Å²) in [7, 11) is 0. The molecule has 0 unspecified atom stereocenters. The van der Waals surface area contributed by atoms with E-state index in [-0.39, 0.29) is 6.09 Å². The first-order valence-electron chi connectivity index (χ1n) is 8.37. The average molecular weight is 304 g/mol. The van der Waals surface area contributed by atoms with Gasteiger partial charge in [-0.3, -0.25) is 4.98 Å². The second-order valence-corrected chi connectivity index (χ2v) is 7.00. The van der Waals surface area contributed by atoms with E-state index in [0.29, 0.717) is 0 Å². The summed E-state index contributed by atoms with van der Waals surface area (Å²) < 4.78 is 5.52. The fraction of sp³-hybridized carbons (Fsp3) is 0.667. The molecule has 1 aliphatic rings. The number of ether oxygens (including phenoxy) is 1. The van der Waals surface area contributed by atoms with Gasteiger partial charge < -0.3 is 9.64 Å². The number of hydrogen-bond donors (Lipinski definition) is 0. The fourth-order valence-electron chi connectivity index (χ4n) is 2.65. The Labute approximate surface area is 133 Å². The smallest absolute Gasteiger partial charge is 0.410 e. The Kier molecular flexibility index (Phi) is 5.81. The molecule has 0 spiro atoms. The summed E-state index contributed by atoms with van der Waals surface area (Å²) in [5, 5.41) is 0. The summed E-state index contributed by atoms with van der Waals surface area (Å²) in [5.41, 5.74) is 1.91. The van der Waals surface area contributed by atoms with Crippen molar-refractivity contribution in [3.05, 3.63) is 29.6 Å². The van der Waals surface area contributed by atoms with Crippen molar-refractivity contribution in [3.63, 3.8) is 0 Å². The predicted octanol–water partition coefficient (Wildman–Crippen LogP) is 3.98. The number of amides is 1. The third kappa shape index (κ3) is 5.66. The summed E-state index contributed by atoms with van der Waals surface area (Å²) in [6.07, 6.45) is 5.87. The van der Waals surface area contributed by atoms with E-state index in [4.69, 9.17) is 9.72 Å². The number of carbonyl (C=O) groups excluding carboxylic acids is 1. The third-order valence-electron chi connectivity index (χ3n) is 3.74. The zero-order valence-corrected chi connectivity index (χ0v) is 14.1. The largest absolute Gasteiger partial charge is 0.444 e. The van der Waals surface area contributed by atoms with Gasteiger partial charge in [0, 0.05) is 24.5 Å². The quantitative estimate of drug-likeness (QED) is 0.728. The van der Waals surface area contributed by atoms with E-state index >= 15 is 0 Å². The zero-order valence-electron chi connectivity index (χ0n) is 14.1. The molecule has 0 N–H and O–H groups in total. The average Bonchev–Trinajstić information content (AvgIpc) is 2.42. The fourth-order valence-corrected chi connectivity index (χ4v) is 2.65. The number of aryl methyl sites for hydroxylation is 2. The van der Waals surface area contributed by atoms with Crippen LogP contribution in [0.5, 0.6) is 0 Å². The number of rotatable bonds is 0. The number of fused-ring (bicyclic) bond motifs is 2. The lowest BCUT2D eigenvalue weighted by Gasteiger charge is -2.27.